The van der Waals surface area contributed by atoms with Gasteiger partial charge >= 0.3 is 0 Å². The fourth-order valence-electron chi connectivity index (χ4n) is 3.17. The van der Waals surface area contributed by atoms with Crippen LogP contribution in [-0.4, -0.2) is 68.8 Å². The molecule has 0 bridgehead atoms. The van der Waals surface area contributed by atoms with Crippen LogP contribution in [0.15, 0.2) is 50.7 Å². The van der Waals surface area contributed by atoms with Gasteiger partial charge in [0.1, 0.15) is 35.9 Å². The molecule has 2 fully saturated rings. The maximum Gasteiger partial charge on any atom is 0.264 e. The quantitative estimate of drug-likeness (QED) is 0.419. The van der Waals surface area contributed by atoms with Gasteiger partial charge in [-0.1, -0.05) is 11.6 Å². The lowest BCUT2D eigenvalue weighted by molar-refractivity contribution is -0.248. The Bertz CT molecular complexity index is 1020. The Hall–Kier alpha value is -2.18. The number of halogens is 1. The van der Waals surface area contributed by atoms with E-state index in [1.54, 1.807) is 30.3 Å². The van der Waals surface area contributed by atoms with Crippen molar-refractivity contribution in [3.8, 4) is 11.3 Å². The zero-order chi connectivity index (χ0) is 22.1. The summed E-state index contributed by atoms with van der Waals surface area (Å²) in [5.74, 6) is 0.632. The molecule has 0 radical (unpaired) electrons. The SMILES string of the molecule is O=C1NC(=N[C@@H]2[C@@H](O)[C@H](O)[C@@H](CO)O[C@H]2O)SC1=Cc1ccc(-c2ccc(Cl)cc2)o1. The van der Waals surface area contributed by atoms with E-state index >= 15 is 0 Å². The predicted octanol–water partition coefficient (Wildman–Crippen LogP) is 0.960. The number of aliphatic hydroxyl groups is 4. The molecule has 9 nitrogen and oxygen atoms in total. The normalized spacial score (nSPS) is 31.4. The standard InChI is InChI=1S/C20H19ClN2O7S/c21-10-3-1-9(2-4-10)12-6-5-11(29-12)7-14-18(27)23-20(31-14)22-15-17(26)16(25)13(8-24)30-19(15)28/h1-7,13,15-17,19,24-26,28H,8H2,(H,22,23,27)/t13-,15-,16-,17-,19-/m1/s1. The van der Waals surface area contributed by atoms with Crippen molar-refractivity contribution >= 4 is 40.5 Å². The second-order valence-electron chi connectivity index (χ2n) is 6.93. The summed E-state index contributed by atoms with van der Waals surface area (Å²) in [6.07, 6.45) is -4.06. The molecule has 2 saturated heterocycles. The van der Waals surface area contributed by atoms with Crippen molar-refractivity contribution in [1.29, 1.82) is 0 Å². The van der Waals surface area contributed by atoms with Gasteiger partial charge in [0.05, 0.1) is 11.5 Å². The van der Waals surface area contributed by atoms with Gasteiger partial charge in [0, 0.05) is 16.7 Å². The van der Waals surface area contributed by atoms with E-state index in [-0.39, 0.29) is 5.17 Å². The van der Waals surface area contributed by atoms with E-state index in [1.807, 2.05) is 12.1 Å². The van der Waals surface area contributed by atoms with E-state index in [0.29, 0.717) is 21.4 Å². The Balaban J connectivity index is 1.49. The summed E-state index contributed by atoms with van der Waals surface area (Å²) in [7, 11) is 0. The molecule has 2 aliphatic heterocycles. The van der Waals surface area contributed by atoms with Crippen molar-refractivity contribution in [2.75, 3.05) is 6.61 Å². The number of aliphatic imine (C=N–C) groups is 1. The van der Waals surface area contributed by atoms with Gasteiger partial charge in [0.2, 0.25) is 0 Å². The van der Waals surface area contributed by atoms with Crippen LogP contribution < -0.4 is 5.32 Å². The Morgan fingerprint density at radius 2 is 1.87 bits per heavy atom. The van der Waals surface area contributed by atoms with Gasteiger partial charge in [0.15, 0.2) is 11.5 Å². The van der Waals surface area contributed by atoms with E-state index in [1.165, 1.54) is 0 Å². The number of carbonyl (C=O) groups excluding carboxylic acids is 1. The topological polar surface area (TPSA) is 145 Å². The summed E-state index contributed by atoms with van der Waals surface area (Å²) >= 11 is 6.89. The first-order valence-electron chi connectivity index (χ1n) is 9.30. The molecule has 0 aliphatic carbocycles. The molecule has 3 heterocycles. The highest BCUT2D eigenvalue weighted by Gasteiger charge is 2.44. The smallest absolute Gasteiger partial charge is 0.264 e. The number of nitrogens with one attached hydrogen (secondary N) is 1. The number of amidine groups is 1. The van der Waals surface area contributed by atoms with Crippen molar-refractivity contribution in [3.05, 3.63) is 52.1 Å². The third-order valence-corrected chi connectivity index (χ3v) is 5.99. The van der Waals surface area contributed by atoms with Crippen LogP contribution in [-0.2, 0) is 9.53 Å². The molecular formula is C20H19ClN2O7S. The number of ether oxygens (including phenoxy) is 1. The Kier molecular flexibility index (Phi) is 6.49. The minimum Gasteiger partial charge on any atom is -0.457 e. The van der Waals surface area contributed by atoms with Crippen LogP contribution in [0.4, 0.5) is 0 Å². The molecule has 1 aromatic heterocycles. The van der Waals surface area contributed by atoms with Crippen LogP contribution in [0.1, 0.15) is 5.76 Å². The van der Waals surface area contributed by atoms with Crippen molar-refractivity contribution in [3.63, 3.8) is 0 Å². The van der Waals surface area contributed by atoms with E-state index in [9.17, 15) is 20.1 Å². The first-order valence-corrected chi connectivity index (χ1v) is 10.5. The van der Waals surface area contributed by atoms with Crippen LogP contribution in [0, 0.1) is 0 Å². The molecule has 31 heavy (non-hydrogen) atoms. The summed E-state index contributed by atoms with van der Waals surface area (Å²) < 4.78 is 10.8. The van der Waals surface area contributed by atoms with Crippen molar-refractivity contribution in [2.24, 2.45) is 4.99 Å². The zero-order valence-corrected chi connectivity index (χ0v) is 17.5. The largest absolute Gasteiger partial charge is 0.457 e. The van der Waals surface area contributed by atoms with Crippen LogP contribution in [0.3, 0.4) is 0 Å². The third-order valence-electron chi connectivity index (χ3n) is 4.81. The summed E-state index contributed by atoms with van der Waals surface area (Å²) in [6, 6.07) is 9.38. The zero-order valence-electron chi connectivity index (χ0n) is 15.9. The number of carbonyl (C=O) groups is 1. The average Bonchev–Trinajstić information content (AvgIpc) is 3.35. The molecule has 1 aromatic carbocycles. The van der Waals surface area contributed by atoms with E-state index < -0.39 is 43.2 Å². The summed E-state index contributed by atoms with van der Waals surface area (Å²) in [5, 5.41) is 42.6. The minimum atomic E-state index is -1.56. The number of furan rings is 1. The molecule has 5 N–H and O–H groups in total. The number of nitrogens with zero attached hydrogens (tertiary/aromatic N) is 1. The second kappa shape index (κ2) is 9.13. The fourth-order valence-corrected chi connectivity index (χ4v) is 4.15. The Morgan fingerprint density at radius 1 is 1.13 bits per heavy atom. The predicted molar refractivity (Wildman–Crippen MR) is 114 cm³/mol. The van der Waals surface area contributed by atoms with Crippen LogP contribution in [0.25, 0.3) is 17.4 Å². The molecule has 0 saturated carbocycles. The summed E-state index contributed by atoms with van der Waals surface area (Å²) in [6.45, 7) is -0.571. The van der Waals surface area contributed by atoms with E-state index in [4.69, 9.17) is 25.9 Å². The van der Waals surface area contributed by atoms with Gasteiger partial charge in [-0.05, 0) is 48.2 Å². The molecule has 4 rings (SSSR count). The van der Waals surface area contributed by atoms with E-state index in [0.717, 1.165) is 17.3 Å². The Morgan fingerprint density at radius 3 is 2.58 bits per heavy atom. The highest BCUT2D eigenvalue weighted by molar-refractivity contribution is 8.18. The number of benzene rings is 1. The summed E-state index contributed by atoms with van der Waals surface area (Å²) in [5.41, 5.74) is 0.833. The molecular weight excluding hydrogens is 448 g/mol. The molecule has 2 aliphatic rings. The van der Waals surface area contributed by atoms with Crippen LogP contribution in [0.2, 0.25) is 5.02 Å². The van der Waals surface area contributed by atoms with Crippen molar-refractivity contribution in [2.45, 2.75) is 30.6 Å². The van der Waals surface area contributed by atoms with Crippen LogP contribution >= 0.6 is 23.4 Å². The Labute approximate surface area is 186 Å². The number of aliphatic hydroxyl groups excluding tert-OH is 4. The lowest BCUT2D eigenvalue weighted by Gasteiger charge is -2.38. The highest BCUT2D eigenvalue weighted by atomic mass is 35.5. The molecule has 164 valence electrons. The maximum absolute atomic E-state index is 12.3. The van der Waals surface area contributed by atoms with Gasteiger partial charge in [-0.25, -0.2) is 0 Å². The lowest BCUT2D eigenvalue weighted by Crippen LogP contribution is -2.58. The molecule has 0 unspecified atom stereocenters. The number of hydrogen-bond donors (Lipinski definition) is 5. The number of amides is 1. The van der Waals surface area contributed by atoms with Gasteiger partial charge in [0.25, 0.3) is 5.91 Å². The average molecular weight is 467 g/mol. The molecule has 2 aromatic rings. The molecule has 11 heteroatoms. The monoisotopic (exact) mass is 466 g/mol. The lowest BCUT2D eigenvalue weighted by atomic mass is 9.98. The second-order valence-corrected chi connectivity index (χ2v) is 8.39. The third kappa shape index (κ3) is 4.70. The van der Waals surface area contributed by atoms with Gasteiger partial charge in [-0.3, -0.25) is 9.79 Å². The van der Waals surface area contributed by atoms with Crippen LogP contribution in [0.5, 0.6) is 0 Å². The van der Waals surface area contributed by atoms with Gasteiger partial charge < -0.3 is 34.9 Å². The van der Waals surface area contributed by atoms with Crippen molar-refractivity contribution < 1.29 is 34.4 Å². The van der Waals surface area contributed by atoms with E-state index in [2.05, 4.69) is 10.3 Å². The first kappa shape index (κ1) is 22.0. The molecule has 0 spiro atoms. The fraction of sp³-hybridized carbons (Fsp3) is 0.300. The number of thioether (sulfide) groups is 1. The minimum absolute atomic E-state index is 0.127. The maximum atomic E-state index is 12.3. The highest BCUT2D eigenvalue weighted by Crippen LogP contribution is 2.31. The van der Waals surface area contributed by atoms with Gasteiger partial charge in [-0.15, -0.1) is 0 Å². The molecule has 5 atom stereocenters. The van der Waals surface area contributed by atoms with Crippen molar-refractivity contribution in [1.82, 2.24) is 5.32 Å². The van der Waals surface area contributed by atoms with Gasteiger partial charge in [-0.2, -0.15) is 0 Å². The number of rotatable bonds is 4. The number of hydrogen-bond acceptors (Lipinski definition) is 9. The first-order chi connectivity index (χ1) is 14.9. The molecule has 1 amide bonds. The summed E-state index contributed by atoms with van der Waals surface area (Å²) in [4.78, 5) is 16.7.